The molecule has 1 unspecified atom stereocenters. The van der Waals surface area contributed by atoms with Gasteiger partial charge in [-0.3, -0.25) is 10.1 Å². The molecular formula is C7H14N2O3S. The lowest BCUT2D eigenvalue weighted by Crippen LogP contribution is -2.35. The second-order valence-corrected chi connectivity index (χ2v) is 4.07. The van der Waals surface area contributed by atoms with E-state index in [1.54, 1.807) is 0 Å². The number of thioether (sulfide) groups is 1. The molecule has 0 spiro atoms. The molecule has 0 aromatic heterocycles. The number of urea groups is 1. The Kier molecular flexibility index (Phi) is 6.34. The number of nitrogens with two attached hydrogens (primary N) is 1. The van der Waals surface area contributed by atoms with E-state index in [4.69, 9.17) is 10.8 Å². The smallest absolute Gasteiger partial charge is 0.318 e. The van der Waals surface area contributed by atoms with Crippen molar-refractivity contribution >= 4 is 23.7 Å². The number of rotatable bonds is 5. The van der Waals surface area contributed by atoms with E-state index in [9.17, 15) is 9.59 Å². The number of primary amides is 1. The second kappa shape index (κ2) is 6.73. The normalized spacial score (nSPS) is 12.2. The zero-order chi connectivity index (χ0) is 10.3. The zero-order valence-corrected chi connectivity index (χ0v) is 8.26. The van der Waals surface area contributed by atoms with Gasteiger partial charge < -0.3 is 10.8 Å². The topological polar surface area (TPSA) is 92.4 Å². The minimum atomic E-state index is -0.829. The Morgan fingerprint density at radius 1 is 1.62 bits per heavy atom. The Hall–Kier alpha value is -0.750. The first kappa shape index (κ1) is 12.2. The van der Waals surface area contributed by atoms with Gasteiger partial charge in [0.2, 0.25) is 5.91 Å². The summed E-state index contributed by atoms with van der Waals surface area (Å²) in [6.45, 7) is 1.94. The van der Waals surface area contributed by atoms with Crippen LogP contribution < -0.4 is 11.1 Å². The van der Waals surface area contributed by atoms with Crippen LogP contribution in [0.1, 0.15) is 13.3 Å². The van der Waals surface area contributed by atoms with Gasteiger partial charge in [-0.25, -0.2) is 4.79 Å². The SMILES string of the molecule is CC(CO)SCCC(=O)NC(N)=O. The maximum atomic E-state index is 10.8. The summed E-state index contributed by atoms with van der Waals surface area (Å²) in [5, 5.41) is 10.7. The fraction of sp³-hybridized carbons (Fsp3) is 0.714. The lowest BCUT2D eigenvalue weighted by Gasteiger charge is -2.06. The molecule has 0 aromatic rings. The first-order valence-corrected chi connectivity index (χ1v) is 4.93. The Morgan fingerprint density at radius 3 is 2.69 bits per heavy atom. The molecule has 0 aliphatic carbocycles. The van der Waals surface area contributed by atoms with Crippen LogP contribution >= 0.6 is 11.8 Å². The van der Waals surface area contributed by atoms with Crippen LogP contribution in [0.15, 0.2) is 0 Å². The molecule has 0 heterocycles. The highest BCUT2D eigenvalue weighted by molar-refractivity contribution is 7.99. The highest BCUT2D eigenvalue weighted by atomic mass is 32.2. The Balaban J connectivity index is 3.42. The van der Waals surface area contributed by atoms with Crippen LogP contribution in [0.25, 0.3) is 0 Å². The van der Waals surface area contributed by atoms with E-state index < -0.39 is 6.03 Å². The fourth-order valence-corrected chi connectivity index (χ4v) is 1.42. The van der Waals surface area contributed by atoms with E-state index in [-0.39, 0.29) is 24.2 Å². The van der Waals surface area contributed by atoms with Gasteiger partial charge in [-0.05, 0) is 0 Å². The summed E-state index contributed by atoms with van der Waals surface area (Å²) in [6, 6.07) is -0.829. The van der Waals surface area contributed by atoms with Gasteiger partial charge in [0.15, 0.2) is 0 Å². The molecule has 13 heavy (non-hydrogen) atoms. The molecular weight excluding hydrogens is 192 g/mol. The number of hydrogen-bond donors (Lipinski definition) is 3. The van der Waals surface area contributed by atoms with Gasteiger partial charge in [-0.1, -0.05) is 6.92 Å². The van der Waals surface area contributed by atoms with E-state index in [2.05, 4.69) is 0 Å². The molecule has 5 nitrogen and oxygen atoms in total. The van der Waals surface area contributed by atoms with Crippen molar-refractivity contribution in [3.8, 4) is 0 Å². The monoisotopic (exact) mass is 206 g/mol. The molecule has 0 aliphatic heterocycles. The quantitative estimate of drug-likeness (QED) is 0.575. The molecule has 0 saturated heterocycles. The number of carbonyl (C=O) groups is 2. The lowest BCUT2D eigenvalue weighted by molar-refractivity contribution is -0.119. The molecule has 4 N–H and O–H groups in total. The van der Waals surface area contributed by atoms with Crippen LogP contribution in [-0.4, -0.2) is 34.7 Å². The largest absolute Gasteiger partial charge is 0.395 e. The summed E-state index contributed by atoms with van der Waals surface area (Å²) in [7, 11) is 0. The Bertz CT molecular complexity index is 187. The molecule has 0 saturated carbocycles. The molecule has 0 fully saturated rings. The summed E-state index contributed by atoms with van der Waals surface area (Å²) in [4.78, 5) is 21.0. The summed E-state index contributed by atoms with van der Waals surface area (Å²) in [5.41, 5.74) is 4.73. The minimum Gasteiger partial charge on any atom is -0.395 e. The van der Waals surface area contributed by atoms with Crippen molar-refractivity contribution < 1.29 is 14.7 Å². The van der Waals surface area contributed by atoms with Crippen LogP contribution in [0.4, 0.5) is 4.79 Å². The first-order valence-electron chi connectivity index (χ1n) is 3.88. The molecule has 0 aromatic carbocycles. The van der Waals surface area contributed by atoms with E-state index in [1.807, 2.05) is 12.2 Å². The molecule has 0 bridgehead atoms. The molecule has 6 heteroatoms. The number of amides is 3. The summed E-state index contributed by atoms with van der Waals surface area (Å²) in [6.07, 6.45) is 0.234. The Morgan fingerprint density at radius 2 is 2.23 bits per heavy atom. The molecule has 1 atom stereocenters. The average molecular weight is 206 g/mol. The van der Waals surface area contributed by atoms with E-state index in [0.29, 0.717) is 5.75 Å². The minimum absolute atomic E-state index is 0.0854. The number of nitrogens with one attached hydrogen (secondary N) is 1. The van der Waals surface area contributed by atoms with Crippen molar-refractivity contribution in [2.75, 3.05) is 12.4 Å². The molecule has 0 aliphatic rings. The third-order valence-electron chi connectivity index (χ3n) is 1.25. The number of imide groups is 1. The van der Waals surface area contributed by atoms with Gasteiger partial charge in [-0.15, -0.1) is 0 Å². The second-order valence-electron chi connectivity index (χ2n) is 2.53. The van der Waals surface area contributed by atoms with Gasteiger partial charge in [0.05, 0.1) is 6.61 Å². The van der Waals surface area contributed by atoms with Crippen molar-refractivity contribution in [2.24, 2.45) is 5.73 Å². The van der Waals surface area contributed by atoms with Crippen LogP contribution in [0.2, 0.25) is 0 Å². The van der Waals surface area contributed by atoms with Crippen molar-refractivity contribution in [2.45, 2.75) is 18.6 Å². The number of hydrogen-bond acceptors (Lipinski definition) is 4. The number of aliphatic hydroxyl groups is 1. The van der Waals surface area contributed by atoms with Crippen LogP contribution in [0.5, 0.6) is 0 Å². The molecule has 0 radical (unpaired) electrons. The fourth-order valence-electron chi connectivity index (χ4n) is 0.605. The van der Waals surface area contributed by atoms with Crippen molar-refractivity contribution in [1.29, 1.82) is 0 Å². The van der Waals surface area contributed by atoms with Crippen molar-refractivity contribution in [1.82, 2.24) is 5.32 Å². The molecule has 76 valence electrons. The number of aliphatic hydroxyl groups excluding tert-OH is 1. The lowest BCUT2D eigenvalue weighted by atomic mass is 10.4. The highest BCUT2D eigenvalue weighted by Crippen LogP contribution is 2.10. The van der Waals surface area contributed by atoms with Gasteiger partial charge in [-0.2, -0.15) is 11.8 Å². The summed E-state index contributed by atoms with van der Waals surface area (Å²) >= 11 is 1.47. The van der Waals surface area contributed by atoms with Gasteiger partial charge in [0.25, 0.3) is 0 Å². The standard InChI is InChI=1S/C7H14N2O3S/c1-5(4-10)13-3-2-6(11)9-7(8)12/h5,10H,2-4H2,1H3,(H3,8,9,11,12). The summed E-state index contributed by atoms with van der Waals surface area (Å²) in [5.74, 6) is 0.186. The average Bonchev–Trinajstić information content (AvgIpc) is 2.02. The van der Waals surface area contributed by atoms with Gasteiger partial charge in [0, 0.05) is 17.4 Å². The highest BCUT2D eigenvalue weighted by Gasteiger charge is 2.05. The molecule has 3 amide bonds. The maximum absolute atomic E-state index is 10.8. The van der Waals surface area contributed by atoms with E-state index in [1.165, 1.54) is 11.8 Å². The predicted molar refractivity (Wildman–Crippen MR) is 51.3 cm³/mol. The van der Waals surface area contributed by atoms with Crippen molar-refractivity contribution in [3.05, 3.63) is 0 Å². The predicted octanol–water partition coefficient (Wildman–Crippen LogP) is -0.315. The van der Waals surface area contributed by atoms with Crippen molar-refractivity contribution in [3.63, 3.8) is 0 Å². The Labute approximate surface area is 81.1 Å². The van der Waals surface area contributed by atoms with Crippen LogP contribution in [0, 0.1) is 0 Å². The first-order chi connectivity index (χ1) is 6.06. The zero-order valence-electron chi connectivity index (χ0n) is 7.45. The molecule has 0 rings (SSSR count). The third-order valence-corrected chi connectivity index (χ3v) is 2.41. The van der Waals surface area contributed by atoms with E-state index >= 15 is 0 Å². The van der Waals surface area contributed by atoms with Gasteiger partial charge in [0.1, 0.15) is 0 Å². The summed E-state index contributed by atoms with van der Waals surface area (Å²) < 4.78 is 0. The van der Waals surface area contributed by atoms with Crippen LogP contribution in [0.3, 0.4) is 0 Å². The third kappa shape index (κ3) is 7.61. The van der Waals surface area contributed by atoms with Crippen LogP contribution in [-0.2, 0) is 4.79 Å². The maximum Gasteiger partial charge on any atom is 0.318 e. The van der Waals surface area contributed by atoms with Gasteiger partial charge >= 0.3 is 6.03 Å². The van der Waals surface area contributed by atoms with E-state index in [0.717, 1.165) is 0 Å². The number of carbonyl (C=O) groups excluding carboxylic acids is 2.